The number of nitrogens with zero attached hydrogens (tertiary/aromatic N) is 1. The molecule has 0 unspecified atom stereocenters. The number of rotatable bonds is 5. The number of hydrogen-bond donors (Lipinski definition) is 1. The van der Waals surface area contributed by atoms with Gasteiger partial charge in [0.15, 0.2) is 0 Å². The Morgan fingerprint density at radius 3 is 2.27 bits per heavy atom. The zero-order chi connectivity index (χ0) is 18.6. The van der Waals surface area contributed by atoms with Crippen molar-refractivity contribution in [2.75, 3.05) is 13.1 Å². The van der Waals surface area contributed by atoms with Crippen LogP contribution in [0.25, 0.3) is 0 Å². The van der Waals surface area contributed by atoms with Crippen molar-refractivity contribution in [1.29, 1.82) is 0 Å². The third-order valence-electron chi connectivity index (χ3n) is 4.48. The molecule has 2 aromatic rings. The Balaban J connectivity index is 1.54. The van der Waals surface area contributed by atoms with Gasteiger partial charge in [0, 0.05) is 24.2 Å². The zero-order valence-electron chi connectivity index (χ0n) is 14.3. The minimum Gasteiger partial charge on any atom is -0.353 e. The van der Waals surface area contributed by atoms with Crippen molar-refractivity contribution in [3.8, 4) is 0 Å². The minimum absolute atomic E-state index is 0.00267. The molecule has 0 aliphatic carbocycles. The number of piperidine rings is 1. The first-order valence-corrected chi connectivity index (χ1v) is 10.4. The topological polar surface area (TPSA) is 66.5 Å². The van der Waals surface area contributed by atoms with E-state index in [0.29, 0.717) is 37.4 Å². The normalized spacial score (nSPS) is 16.3. The first kappa shape index (κ1) is 18.9. The van der Waals surface area contributed by atoms with Crippen LogP contribution in [0, 0.1) is 0 Å². The van der Waals surface area contributed by atoms with Gasteiger partial charge in [0.25, 0.3) is 0 Å². The average Bonchev–Trinajstić information content (AvgIpc) is 2.63. The van der Waals surface area contributed by atoms with Crippen molar-refractivity contribution in [2.45, 2.75) is 30.2 Å². The maximum atomic E-state index is 12.7. The predicted molar refractivity (Wildman–Crippen MR) is 102 cm³/mol. The molecule has 0 bridgehead atoms. The highest BCUT2D eigenvalue weighted by Crippen LogP contribution is 2.22. The molecule has 5 nitrogen and oxygen atoms in total. The van der Waals surface area contributed by atoms with E-state index in [1.165, 1.54) is 16.4 Å². The van der Waals surface area contributed by atoms with Gasteiger partial charge in [0.1, 0.15) is 0 Å². The Morgan fingerprint density at radius 2 is 1.65 bits per heavy atom. The fourth-order valence-electron chi connectivity index (χ4n) is 3.06. The zero-order valence-corrected chi connectivity index (χ0v) is 15.8. The number of carbonyl (C=O) groups excluding carboxylic acids is 1. The van der Waals surface area contributed by atoms with Crippen molar-refractivity contribution >= 4 is 27.5 Å². The lowest BCUT2D eigenvalue weighted by Crippen LogP contribution is -2.46. The summed E-state index contributed by atoms with van der Waals surface area (Å²) in [5, 5.41) is 3.51. The van der Waals surface area contributed by atoms with Gasteiger partial charge in [-0.05, 0) is 42.7 Å². The van der Waals surface area contributed by atoms with E-state index in [2.05, 4.69) is 5.32 Å². The summed E-state index contributed by atoms with van der Waals surface area (Å²) in [5.41, 5.74) is 0.966. The minimum atomic E-state index is -3.52. The third kappa shape index (κ3) is 4.63. The van der Waals surface area contributed by atoms with Crippen LogP contribution in [0.4, 0.5) is 0 Å². The van der Waals surface area contributed by atoms with Crippen molar-refractivity contribution < 1.29 is 13.2 Å². The lowest BCUT2D eigenvalue weighted by atomic mass is 10.1. The summed E-state index contributed by atoms with van der Waals surface area (Å²) in [4.78, 5) is 12.4. The Hall–Kier alpha value is -1.89. The molecule has 0 aromatic heterocycles. The molecule has 1 aliphatic rings. The van der Waals surface area contributed by atoms with Crippen LogP contribution in [-0.2, 0) is 21.2 Å². The van der Waals surface area contributed by atoms with E-state index in [4.69, 9.17) is 11.6 Å². The number of nitrogens with one attached hydrogen (secondary N) is 1. The maximum Gasteiger partial charge on any atom is 0.243 e. The van der Waals surface area contributed by atoms with Crippen LogP contribution in [-0.4, -0.2) is 37.8 Å². The molecule has 1 heterocycles. The molecule has 0 spiro atoms. The number of sulfonamides is 1. The van der Waals surface area contributed by atoms with E-state index < -0.39 is 10.0 Å². The van der Waals surface area contributed by atoms with E-state index in [-0.39, 0.29) is 16.8 Å². The molecule has 1 saturated heterocycles. The van der Waals surface area contributed by atoms with Crippen LogP contribution in [0.3, 0.4) is 0 Å². The SMILES string of the molecule is O=C(Cc1ccccc1)NC1CCN(S(=O)(=O)c2ccc(Cl)cc2)CC1. The molecule has 26 heavy (non-hydrogen) atoms. The smallest absolute Gasteiger partial charge is 0.243 e. The second-order valence-corrected chi connectivity index (χ2v) is 8.74. The molecule has 1 N–H and O–H groups in total. The van der Waals surface area contributed by atoms with Crippen LogP contribution in [0.15, 0.2) is 59.5 Å². The Bertz CT molecular complexity index is 846. The van der Waals surface area contributed by atoms with Crippen LogP contribution in [0.2, 0.25) is 5.02 Å². The highest BCUT2D eigenvalue weighted by atomic mass is 35.5. The van der Waals surface area contributed by atoms with Gasteiger partial charge < -0.3 is 5.32 Å². The molecule has 3 rings (SSSR count). The fourth-order valence-corrected chi connectivity index (χ4v) is 4.65. The average molecular weight is 393 g/mol. The van der Waals surface area contributed by atoms with Crippen molar-refractivity contribution in [3.63, 3.8) is 0 Å². The monoisotopic (exact) mass is 392 g/mol. The van der Waals surface area contributed by atoms with Crippen LogP contribution in [0.1, 0.15) is 18.4 Å². The van der Waals surface area contributed by atoms with Gasteiger partial charge in [-0.1, -0.05) is 41.9 Å². The van der Waals surface area contributed by atoms with E-state index in [9.17, 15) is 13.2 Å². The predicted octanol–water partition coefficient (Wildman–Crippen LogP) is 2.85. The number of halogens is 1. The summed E-state index contributed by atoms with van der Waals surface area (Å²) >= 11 is 5.82. The molecule has 0 saturated carbocycles. The summed E-state index contributed by atoms with van der Waals surface area (Å²) in [6, 6.07) is 15.8. The van der Waals surface area contributed by atoms with Gasteiger partial charge in [-0.3, -0.25) is 4.79 Å². The van der Waals surface area contributed by atoms with Gasteiger partial charge in [0.05, 0.1) is 11.3 Å². The standard InChI is InChI=1S/C19H21ClN2O3S/c20-16-6-8-18(9-7-16)26(24,25)22-12-10-17(11-13-22)21-19(23)14-15-4-2-1-3-5-15/h1-9,17H,10-14H2,(H,21,23). The molecule has 7 heteroatoms. The number of benzene rings is 2. The van der Waals surface area contributed by atoms with E-state index in [1.54, 1.807) is 12.1 Å². The van der Waals surface area contributed by atoms with Crippen LogP contribution in [0.5, 0.6) is 0 Å². The quantitative estimate of drug-likeness (QED) is 0.850. The molecule has 138 valence electrons. The second kappa shape index (κ2) is 8.20. The Kier molecular flexibility index (Phi) is 5.96. The van der Waals surface area contributed by atoms with Gasteiger partial charge in [-0.2, -0.15) is 4.31 Å². The van der Waals surface area contributed by atoms with Crippen LogP contribution < -0.4 is 5.32 Å². The molecule has 1 fully saturated rings. The maximum absolute atomic E-state index is 12.7. The molecule has 1 amide bonds. The van der Waals surface area contributed by atoms with Gasteiger partial charge in [0.2, 0.25) is 15.9 Å². The Morgan fingerprint density at radius 1 is 1.04 bits per heavy atom. The first-order chi connectivity index (χ1) is 12.4. The number of carbonyl (C=O) groups is 1. The van der Waals surface area contributed by atoms with Crippen molar-refractivity contribution in [3.05, 3.63) is 65.2 Å². The van der Waals surface area contributed by atoms with E-state index >= 15 is 0 Å². The molecule has 0 radical (unpaired) electrons. The van der Waals surface area contributed by atoms with Gasteiger partial charge >= 0.3 is 0 Å². The summed E-state index contributed by atoms with van der Waals surface area (Å²) in [5.74, 6) is -0.0322. The fraction of sp³-hybridized carbons (Fsp3) is 0.316. The molecule has 1 aliphatic heterocycles. The molecule has 2 aromatic carbocycles. The highest BCUT2D eigenvalue weighted by Gasteiger charge is 2.29. The summed E-state index contributed by atoms with van der Waals surface area (Å²) in [6.45, 7) is 0.780. The summed E-state index contributed by atoms with van der Waals surface area (Å²) in [7, 11) is -3.52. The van der Waals surface area contributed by atoms with Crippen LogP contribution >= 0.6 is 11.6 Å². The van der Waals surface area contributed by atoms with E-state index in [0.717, 1.165) is 5.56 Å². The van der Waals surface area contributed by atoms with E-state index in [1.807, 2.05) is 30.3 Å². The van der Waals surface area contributed by atoms with Gasteiger partial charge in [-0.15, -0.1) is 0 Å². The second-order valence-electron chi connectivity index (χ2n) is 6.36. The van der Waals surface area contributed by atoms with Gasteiger partial charge in [-0.25, -0.2) is 8.42 Å². The molecule has 0 atom stereocenters. The lowest BCUT2D eigenvalue weighted by molar-refractivity contribution is -0.121. The highest BCUT2D eigenvalue weighted by molar-refractivity contribution is 7.89. The largest absolute Gasteiger partial charge is 0.353 e. The van der Waals surface area contributed by atoms with Crippen molar-refractivity contribution in [2.24, 2.45) is 0 Å². The lowest BCUT2D eigenvalue weighted by Gasteiger charge is -2.31. The number of amides is 1. The summed E-state index contributed by atoms with van der Waals surface area (Å²) < 4.78 is 26.8. The molecular weight excluding hydrogens is 372 g/mol. The number of hydrogen-bond acceptors (Lipinski definition) is 3. The Labute approximate surface area is 159 Å². The van der Waals surface area contributed by atoms with Crippen molar-refractivity contribution in [1.82, 2.24) is 9.62 Å². The first-order valence-electron chi connectivity index (χ1n) is 8.54. The summed E-state index contributed by atoms with van der Waals surface area (Å²) in [6.07, 6.45) is 1.55. The third-order valence-corrected chi connectivity index (χ3v) is 6.64. The molecular formula is C19H21ClN2O3S.